The van der Waals surface area contributed by atoms with Crippen LogP contribution in [0.5, 0.6) is 0 Å². The van der Waals surface area contributed by atoms with Gasteiger partial charge in [-0.2, -0.15) is 0 Å². The zero-order chi connectivity index (χ0) is 29.9. The second-order valence-electron chi connectivity index (χ2n) is 11.5. The van der Waals surface area contributed by atoms with Gasteiger partial charge in [0.15, 0.2) is 0 Å². The Hall–Kier alpha value is -3.53. The first-order valence-corrected chi connectivity index (χ1v) is 16.3. The highest BCUT2D eigenvalue weighted by molar-refractivity contribution is 7.91. The average Bonchev–Trinajstić information content (AvgIpc) is 3.07. The molecule has 9 heteroatoms. The lowest BCUT2D eigenvalue weighted by molar-refractivity contribution is 0.0945. The van der Waals surface area contributed by atoms with Crippen LogP contribution in [0.2, 0.25) is 0 Å². The summed E-state index contributed by atoms with van der Waals surface area (Å²) in [6.45, 7) is 5.69. The van der Waals surface area contributed by atoms with Crippen molar-refractivity contribution in [2.24, 2.45) is 0 Å². The van der Waals surface area contributed by atoms with E-state index in [1.54, 1.807) is 12.1 Å². The average molecular weight is 589 g/mol. The van der Waals surface area contributed by atoms with Gasteiger partial charge in [0.1, 0.15) is 0 Å². The molecular weight excluding hydrogens is 548 g/mol. The number of hydrogen-bond donors (Lipinski definition) is 2. The van der Waals surface area contributed by atoms with E-state index < -0.39 is 15.7 Å². The fraction of sp³-hybridized carbons (Fsp3) is 0.394. The normalized spacial score (nSPS) is 16.6. The van der Waals surface area contributed by atoms with Gasteiger partial charge in [-0.25, -0.2) is 18.9 Å². The van der Waals surface area contributed by atoms with Gasteiger partial charge >= 0.3 is 0 Å². The number of aryl methyl sites for hydroxylation is 2. The molecule has 8 nitrogen and oxygen atoms in total. The maximum Gasteiger partial charge on any atom is 0.274 e. The Bertz CT molecular complexity index is 1580. The van der Waals surface area contributed by atoms with E-state index in [1.807, 2.05) is 32.0 Å². The molecule has 1 heterocycles. The molecule has 1 aliphatic carbocycles. The zero-order valence-corrected chi connectivity index (χ0v) is 25.5. The number of sulfone groups is 1. The van der Waals surface area contributed by atoms with Crippen molar-refractivity contribution in [3.05, 3.63) is 88.5 Å². The van der Waals surface area contributed by atoms with Crippen LogP contribution in [0.3, 0.4) is 0 Å². The topological polar surface area (TPSA) is 98.8 Å². The van der Waals surface area contributed by atoms with Crippen LogP contribution in [-0.4, -0.2) is 51.3 Å². The van der Waals surface area contributed by atoms with Crippen LogP contribution in [0.4, 0.5) is 5.69 Å². The molecule has 0 atom stereocenters. The number of hydrazine groups is 1. The van der Waals surface area contributed by atoms with E-state index in [0.717, 1.165) is 29.7 Å². The predicted octanol–water partition coefficient (Wildman–Crippen LogP) is 5.19. The molecule has 3 aromatic carbocycles. The second-order valence-corrected chi connectivity index (χ2v) is 13.4. The molecular formula is C33H40N4O4S. The first-order chi connectivity index (χ1) is 20.2. The van der Waals surface area contributed by atoms with Crippen LogP contribution in [-0.2, 0) is 16.4 Å². The van der Waals surface area contributed by atoms with E-state index in [9.17, 15) is 18.0 Å². The minimum Gasteiger partial charge on any atom is -0.352 e. The first-order valence-electron chi connectivity index (χ1n) is 14.8. The minimum absolute atomic E-state index is 0.0279. The SMILES string of the molecule is Cc1ccc(C)c(CNN2C(=O)c3ccccc3S(=O)(=O)c3ccc(C(=O)NCCCN(C)C4CCCCC4)cc32)c1. The molecule has 0 unspecified atom stereocenters. The van der Waals surface area contributed by atoms with Crippen LogP contribution in [0.15, 0.2) is 70.5 Å². The van der Waals surface area contributed by atoms with Crippen molar-refractivity contribution in [1.82, 2.24) is 15.6 Å². The van der Waals surface area contributed by atoms with Crippen molar-refractivity contribution in [3.63, 3.8) is 0 Å². The number of carbonyl (C=O) groups is 2. The summed E-state index contributed by atoms with van der Waals surface area (Å²) in [6.07, 6.45) is 7.16. The minimum atomic E-state index is -4.02. The van der Waals surface area contributed by atoms with Crippen LogP contribution in [0.25, 0.3) is 0 Å². The molecule has 42 heavy (non-hydrogen) atoms. The van der Waals surface area contributed by atoms with Crippen molar-refractivity contribution >= 4 is 27.3 Å². The highest BCUT2D eigenvalue weighted by Gasteiger charge is 2.36. The van der Waals surface area contributed by atoms with E-state index in [-0.39, 0.29) is 26.9 Å². The monoisotopic (exact) mass is 588 g/mol. The Morgan fingerprint density at radius 2 is 1.74 bits per heavy atom. The molecule has 0 spiro atoms. The molecule has 1 fully saturated rings. The highest BCUT2D eigenvalue weighted by Crippen LogP contribution is 2.37. The Kier molecular flexibility index (Phi) is 9.11. The lowest BCUT2D eigenvalue weighted by atomic mass is 9.94. The standard InChI is InChI=1S/C33H40N4O4S/c1-23-14-15-24(2)26(20-23)22-35-37-29-21-25(32(38)34-18-9-19-36(3)27-10-5-4-6-11-27)16-17-31(29)42(40,41)30-13-8-7-12-28(30)33(37)39/h7-8,12-17,20-21,27,35H,4-6,9-11,18-19,22H2,1-3H3,(H,34,38). The van der Waals surface area contributed by atoms with Gasteiger partial charge in [-0.15, -0.1) is 0 Å². The van der Waals surface area contributed by atoms with Gasteiger partial charge in [0, 0.05) is 24.7 Å². The Balaban J connectivity index is 1.39. The summed E-state index contributed by atoms with van der Waals surface area (Å²) in [5.74, 6) is -0.805. The summed E-state index contributed by atoms with van der Waals surface area (Å²) >= 11 is 0. The molecule has 2 amide bonds. The molecule has 1 saturated carbocycles. The Morgan fingerprint density at radius 3 is 2.52 bits per heavy atom. The molecule has 222 valence electrons. The number of nitrogens with zero attached hydrogens (tertiary/aromatic N) is 2. The second kappa shape index (κ2) is 12.8. The lowest BCUT2D eigenvalue weighted by Gasteiger charge is -2.31. The van der Waals surface area contributed by atoms with E-state index in [0.29, 0.717) is 24.7 Å². The number of amides is 2. The van der Waals surface area contributed by atoms with Crippen LogP contribution in [0, 0.1) is 13.8 Å². The quantitative estimate of drug-likeness (QED) is 0.334. The van der Waals surface area contributed by atoms with Crippen molar-refractivity contribution < 1.29 is 18.0 Å². The van der Waals surface area contributed by atoms with E-state index in [2.05, 4.69) is 22.7 Å². The van der Waals surface area contributed by atoms with Crippen LogP contribution < -0.4 is 15.8 Å². The number of anilines is 1. The molecule has 5 rings (SSSR count). The van der Waals surface area contributed by atoms with Gasteiger partial charge in [0.2, 0.25) is 9.84 Å². The third-order valence-electron chi connectivity index (χ3n) is 8.47. The number of rotatable bonds is 9. The summed E-state index contributed by atoms with van der Waals surface area (Å²) < 4.78 is 27.5. The van der Waals surface area contributed by atoms with Crippen LogP contribution >= 0.6 is 0 Å². The van der Waals surface area contributed by atoms with Gasteiger partial charge < -0.3 is 10.2 Å². The van der Waals surface area contributed by atoms with Crippen molar-refractivity contribution in [2.45, 2.75) is 74.7 Å². The fourth-order valence-electron chi connectivity index (χ4n) is 5.94. The third kappa shape index (κ3) is 6.28. The molecule has 2 N–H and O–H groups in total. The molecule has 0 radical (unpaired) electrons. The predicted molar refractivity (Wildman–Crippen MR) is 164 cm³/mol. The van der Waals surface area contributed by atoms with Crippen molar-refractivity contribution in [3.8, 4) is 0 Å². The van der Waals surface area contributed by atoms with Gasteiger partial charge in [-0.1, -0.05) is 55.2 Å². The molecule has 2 aliphatic rings. The largest absolute Gasteiger partial charge is 0.352 e. The van der Waals surface area contributed by atoms with Gasteiger partial charge in [-0.05, 0) is 88.2 Å². The van der Waals surface area contributed by atoms with E-state index >= 15 is 0 Å². The van der Waals surface area contributed by atoms with Gasteiger partial charge in [-0.3, -0.25) is 9.59 Å². The van der Waals surface area contributed by atoms with Gasteiger partial charge in [0.25, 0.3) is 11.8 Å². The number of carbonyl (C=O) groups excluding carboxylic acids is 2. The third-order valence-corrected chi connectivity index (χ3v) is 10.3. The Morgan fingerprint density at radius 1 is 0.976 bits per heavy atom. The number of nitrogens with one attached hydrogen (secondary N) is 2. The summed E-state index contributed by atoms with van der Waals surface area (Å²) in [5.41, 5.74) is 6.79. The lowest BCUT2D eigenvalue weighted by Crippen LogP contribution is -2.43. The molecule has 1 aliphatic heterocycles. The fourth-order valence-corrected chi connectivity index (χ4v) is 7.55. The maximum absolute atomic E-state index is 13.8. The highest BCUT2D eigenvalue weighted by atomic mass is 32.2. The maximum atomic E-state index is 13.8. The van der Waals surface area contributed by atoms with Crippen molar-refractivity contribution in [2.75, 3.05) is 25.1 Å². The summed E-state index contributed by atoms with van der Waals surface area (Å²) in [5, 5.41) is 4.25. The summed E-state index contributed by atoms with van der Waals surface area (Å²) in [7, 11) is -1.87. The van der Waals surface area contributed by atoms with Crippen molar-refractivity contribution in [1.29, 1.82) is 0 Å². The molecule has 3 aromatic rings. The summed E-state index contributed by atoms with van der Waals surface area (Å²) in [6, 6.07) is 17.3. The molecule has 0 aromatic heterocycles. The van der Waals surface area contributed by atoms with E-state index in [1.165, 1.54) is 67.4 Å². The van der Waals surface area contributed by atoms with Crippen LogP contribution in [0.1, 0.15) is 75.9 Å². The molecule has 0 bridgehead atoms. The zero-order valence-electron chi connectivity index (χ0n) is 24.7. The number of hydrogen-bond acceptors (Lipinski definition) is 6. The Labute approximate surface area is 249 Å². The van der Waals surface area contributed by atoms with Gasteiger partial charge in [0.05, 0.1) is 21.0 Å². The first kappa shape index (κ1) is 29.9. The molecule has 0 saturated heterocycles. The summed E-state index contributed by atoms with van der Waals surface area (Å²) in [4.78, 5) is 29.3. The van der Waals surface area contributed by atoms with E-state index in [4.69, 9.17) is 0 Å². The smallest absolute Gasteiger partial charge is 0.274 e. The number of fused-ring (bicyclic) bond motifs is 2. The number of benzene rings is 3.